The van der Waals surface area contributed by atoms with E-state index in [4.69, 9.17) is 0 Å². The Morgan fingerprint density at radius 2 is 1.11 bits per heavy atom. The molecule has 1 fully saturated rings. The van der Waals surface area contributed by atoms with E-state index in [1.165, 1.54) is 30.0 Å². The molecule has 0 unspecified atom stereocenters. The van der Waals surface area contributed by atoms with Crippen molar-refractivity contribution in [1.82, 2.24) is 0 Å². The molecule has 0 amide bonds. The van der Waals surface area contributed by atoms with Gasteiger partial charge in [-0.2, -0.15) is 18.3 Å². The first-order chi connectivity index (χ1) is 22.4. The van der Waals surface area contributed by atoms with Crippen LogP contribution >= 0.6 is 11.3 Å². The zero-order valence-electron chi connectivity index (χ0n) is 24.6. The average molecular weight is 638 g/mol. The molecule has 0 aliphatic carbocycles. The minimum atomic E-state index is -4.40. The molecule has 0 atom stereocenters. The van der Waals surface area contributed by atoms with Crippen molar-refractivity contribution in [3.05, 3.63) is 115 Å². The van der Waals surface area contributed by atoms with Gasteiger partial charge >= 0.3 is 6.18 Å². The number of anilines is 5. The summed E-state index contributed by atoms with van der Waals surface area (Å²) in [5.74, 6) is 0. The van der Waals surface area contributed by atoms with Gasteiger partial charge in [-0.3, -0.25) is 10.9 Å². The maximum Gasteiger partial charge on any atom is 0.416 e. The second kappa shape index (κ2) is 12.6. The van der Waals surface area contributed by atoms with Crippen molar-refractivity contribution in [2.24, 2.45) is 10.2 Å². The second-order valence-corrected chi connectivity index (χ2v) is 12.0. The molecule has 0 spiro atoms. The van der Waals surface area contributed by atoms with E-state index >= 15 is 0 Å². The summed E-state index contributed by atoms with van der Waals surface area (Å²) < 4.78 is 38.7. The van der Waals surface area contributed by atoms with Crippen molar-refractivity contribution in [3.63, 3.8) is 0 Å². The van der Waals surface area contributed by atoms with Gasteiger partial charge in [-0.15, -0.1) is 5.11 Å². The van der Waals surface area contributed by atoms with Crippen LogP contribution in [0.15, 0.2) is 119 Å². The highest BCUT2D eigenvalue weighted by Crippen LogP contribution is 2.36. The van der Waals surface area contributed by atoms with Crippen LogP contribution in [0, 0.1) is 0 Å². The fraction of sp³-hybridized carbons (Fsp3) is 0.143. The molecule has 7 rings (SSSR count). The Balaban J connectivity index is 1.07. The smallest absolute Gasteiger partial charge is 0.363 e. The summed E-state index contributed by atoms with van der Waals surface area (Å²) in [4.78, 5) is 2.43. The van der Waals surface area contributed by atoms with E-state index in [2.05, 4.69) is 61.1 Å². The summed E-state index contributed by atoms with van der Waals surface area (Å²) in [6, 6.07) is 32.7. The zero-order chi connectivity index (χ0) is 31.5. The lowest BCUT2D eigenvalue weighted by Gasteiger charge is -2.17. The van der Waals surface area contributed by atoms with Gasteiger partial charge in [0.2, 0.25) is 0 Å². The molecule has 1 saturated heterocycles. The summed E-state index contributed by atoms with van der Waals surface area (Å²) in [6.07, 6.45) is -1.89. The summed E-state index contributed by atoms with van der Waals surface area (Å²) in [5, 5.41) is 14.7. The molecule has 2 heterocycles. The second-order valence-electron chi connectivity index (χ2n) is 11.0. The van der Waals surface area contributed by atoms with Gasteiger partial charge in [0, 0.05) is 34.6 Å². The van der Waals surface area contributed by atoms with Gasteiger partial charge < -0.3 is 15.8 Å². The van der Waals surface area contributed by atoms with Crippen LogP contribution in [0.25, 0.3) is 21.5 Å². The Kier molecular flexibility index (Phi) is 8.06. The highest BCUT2D eigenvalue weighted by molar-refractivity contribution is 7.20. The fourth-order valence-electron chi connectivity index (χ4n) is 5.59. The Bertz CT molecular complexity index is 2020. The molecule has 0 bridgehead atoms. The third-order valence-electron chi connectivity index (χ3n) is 7.95. The summed E-state index contributed by atoms with van der Waals surface area (Å²) in [6.45, 7) is 2.25. The lowest BCUT2D eigenvalue weighted by molar-refractivity contribution is -0.137. The van der Waals surface area contributed by atoms with Crippen LogP contribution in [0.1, 0.15) is 18.4 Å². The van der Waals surface area contributed by atoms with E-state index in [9.17, 15) is 13.2 Å². The van der Waals surface area contributed by atoms with Crippen LogP contribution in [0.3, 0.4) is 0 Å². The van der Waals surface area contributed by atoms with Crippen molar-refractivity contribution < 1.29 is 13.2 Å². The average Bonchev–Trinajstić information content (AvgIpc) is 3.79. The highest BCUT2D eigenvalue weighted by atomic mass is 32.1. The molecule has 0 radical (unpaired) electrons. The van der Waals surface area contributed by atoms with Crippen molar-refractivity contribution in [2.75, 3.05) is 39.7 Å². The minimum Gasteiger partial charge on any atom is -0.363 e. The van der Waals surface area contributed by atoms with Gasteiger partial charge in [0.15, 0.2) is 0 Å². The number of azo groups is 1. The summed E-state index contributed by atoms with van der Waals surface area (Å²) >= 11 is 1.75. The molecule has 11 heteroatoms. The predicted octanol–water partition coefficient (Wildman–Crippen LogP) is 11.0. The SMILES string of the molecule is FC(F)(F)c1ccc(/N=N/c2ccc(NNc3ccc(NNc4ccc(N5CCCC5)s4)c4ccccc34)c3ccccc23)cc1. The maximum absolute atomic E-state index is 12.9. The number of hydrogen-bond acceptors (Lipinski definition) is 8. The Morgan fingerprint density at radius 1 is 0.565 bits per heavy atom. The number of hydrogen-bond donors (Lipinski definition) is 4. The van der Waals surface area contributed by atoms with Crippen molar-refractivity contribution in [2.45, 2.75) is 19.0 Å². The quantitative estimate of drug-likeness (QED) is 0.0937. The number of benzene rings is 5. The van der Waals surface area contributed by atoms with Gasteiger partial charge in [-0.1, -0.05) is 59.9 Å². The van der Waals surface area contributed by atoms with E-state index in [0.29, 0.717) is 11.4 Å². The van der Waals surface area contributed by atoms with Crippen LogP contribution in [0.2, 0.25) is 0 Å². The highest BCUT2D eigenvalue weighted by Gasteiger charge is 2.30. The first-order valence-electron chi connectivity index (χ1n) is 14.9. The first kappa shape index (κ1) is 29.4. The third-order valence-corrected chi connectivity index (χ3v) is 9.02. The van der Waals surface area contributed by atoms with Gasteiger partial charge in [-0.05, 0) is 73.5 Å². The molecule has 6 aromatic rings. The van der Waals surface area contributed by atoms with Crippen molar-refractivity contribution in [3.8, 4) is 0 Å². The Labute approximate surface area is 267 Å². The largest absolute Gasteiger partial charge is 0.416 e. The molecule has 1 aliphatic heterocycles. The van der Waals surface area contributed by atoms with Gasteiger partial charge in [0.1, 0.15) is 5.00 Å². The fourth-order valence-corrected chi connectivity index (χ4v) is 6.50. The van der Waals surface area contributed by atoms with Gasteiger partial charge in [-0.25, -0.2) is 0 Å². The van der Waals surface area contributed by atoms with E-state index in [0.717, 1.165) is 68.8 Å². The summed E-state index contributed by atoms with van der Waals surface area (Å²) in [7, 11) is 0. The van der Waals surface area contributed by atoms with Gasteiger partial charge in [0.05, 0.1) is 39.0 Å². The first-order valence-corrected chi connectivity index (χ1v) is 15.8. The Hall–Kier alpha value is -5.29. The van der Waals surface area contributed by atoms with Crippen molar-refractivity contribution >= 4 is 71.3 Å². The predicted molar refractivity (Wildman–Crippen MR) is 184 cm³/mol. The van der Waals surface area contributed by atoms with Gasteiger partial charge in [0.25, 0.3) is 0 Å². The molecule has 0 saturated carbocycles. The number of alkyl halides is 3. The normalized spacial score (nSPS) is 13.5. The molecular weight excluding hydrogens is 607 g/mol. The van der Waals surface area contributed by atoms with E-state index < -0.39 is 11.7 Å². The number of thiophene rings is 1. The number of nitrogens with one attached hydrogen (secondary N) is 4. The number of fused-ring (bicyclic) bond motifs is 2. The maximum atomic E-state index is 12.9. The monoisotopic (exact) mass is 637 g/mol. The molecular formula is C35H30F3N7S. The van der Waals surface area contributed by atoms with Crippen molar-refractivity contribution in [1.29, 1.82) is 0 Å². The Morgan fingerprint density at radius 3 is 1.72 bits per heavy atom. The van der Waals surface area contributed by atoms with Crippen LogP contribution in [0.4, 0.5) is 51.6 Å². The molecule has 1 aliphatic rings. The molecule has 46 heavy (non-hydrogen) atoms. The lowest BCUT2D eigenvalue weighted by Crippen LogP contribution is -2.15. The van der Waals surface area contributed by atoms with E-state index in [1.54, 1.807) is 11.3 Å². The number of rotatable bonds is 9. The number of halogens is 3. The van der Waals surface area contributed by atoms with Crippen LogP contribution in [0.5, 0.6) is 0 Å². The van der Waals surface area contributed by atoms with Crippen LogP contribution < -0.4 is 26.6 Å². The van der Waals surface area contributed by atoms with E-state index in [1.807, 2.05) is 60.7 Å². The molecule has 5 aromatic carbocycles. The minimum absolute atomic E-state index is 0.336. The third kappa shape index (κ3) is 6.27. The molecule has 7 nitrogen and oxygen atoms in total. The number of nitrogens with zero attached hydrogens (tertiary/aromatic N) is 3. The number of hydrazine groups is 2. The lowest BCUT2D eigenvalue weighted by atomic mass is 10.1. The molecule has 232 valence electrons. The molecule has 4 N–H and O–H groups in total. The van der Waals surface area contributed by atoms with E-state index in [-0.39, 0.29) is 0 Å². The molecule has 1 aromatic heterocycles. The van der Waals surface area contributed by atoms with Crippen LogP contribution in [-0.4, -0.2) is 13.1 Å². The summed E-state index contributed by atoms with van der Waals surface area (Å²) in [5.41, 5.74) is 16.4. The standard InChI is InChI=1S/C35H30F3N7S/c36-35(37,38)23-11-13-24(14-12-23)39-40-29-15-16-30(26-8-2-1-7-25(26)29)41-42-31-17-18-32(28-10-4-3-9-27(28)31)43-44-33-19-20-34(46-33)45-21-5-6-22-45/h1-4,7-20,41-44H,5-6,21-22H2/b40-39+. The van der Waals surface area contributed by atoms with Crippen LogP contribution in [-0.2, 0) is 6.18 Å². The zero-order valence-corrected chi connectivity index (χ0v) is 25.4. The topological polar surface area (TPSA) is 76.1 Å².